The van der Waals surface area contributed by atoms with Crippen LogP contribution in [-0.2, 0) is 0 Å². The molecule has 5 rings (SSSR count). The van der Waals surface area contributed by atoms with Gasteiger partial charge in [0.2, 0.25) is 11.6 Å². The van der Waals surface area contributed by atoms with Crippen LogP contribution in [0, 0.1) is 10.1 Å². The fraction of sp³-hybridized carbons (Fsp3) is 0.115. The highest BCUT2D eigenvalue weighted by atomic mass is 79.9. The van der Waals surface area contributed by atoms with Crippen molar-refractivity contribution in [1.29, 1.82) is 0 Å². The van der Waals surface area contributed by atoms with Crippen LogP contribution in [0.1, 0.15) is 19.4 Å². The van der Waals surface area contributed by atoms with Crippen molar-refractivity contribution in [1.82, 2.24) is 9.66 Å². The van der Waals surface area contributed by atoms with Gasteiger partial charge in [-0.25, -0.2) is 4.98 Å². The van der Waals surface area contributed by atoms with Crippen LogP contribution in [-0.4, -0.2) is 26.9 Å². The minimum atomic E-state index is -0.581. The first-order valence-corrected chi connectivity index (χ1v) is 12.3. The zero-order valence-corrected chi connectivity index (χ0v) is 21.9. The average molecular weight is 582 g/mol. The monoisotopic (exact) mass is 580 g/mol. The standard InChI is InChI=1S/C26H18BrClN4O5/c1-14(2)36-24-16(10-18(28)12-21(24)32(34)35)13-29-31-25(30-20-6-4-3-5-19(20)26(31)33)23-11-15-9-17(27)7-8-22(15)37-23/h3-14H,1-2H3. The third-order valence-electron chi connectivity index (χ3n) is 5.38. The van der Waals surface area contributed by atoms with E-state index in [4.69, 9.17) is 20.8 Å². The lowest BCUT2D eigenvalue weighted by atomic mass is 10.2. The number of rotatable bonds is 6. The maximum absolute atomic E-state index is 13.5. The van der Waals surface area contributed by atoms with Crippen molar-refractivity contribution in [2.75, 3.05) is 0 Å². The Kier molecular flexibility index (Phi) is 6.53. The first kappa shape index (κ1) is 24.7. The van der Waals surface area contributed by atoms with Crippen molar-refractivity contribution < 1.29 is 14.1 Å². The number of fused-ring (bicyclic) bond motifs is 2. The molecule has 0 amide bonds. The van der Waals surface area contributed by atoms with E-state index < -0.39 is 10.5 Å². The summed E-state index contributed by atoms with van der Waals surface area (Å²) in [6.07, 6.45) is 0.930. The molecule has 0 saturated carbocycles. The molecule has 0 aliphatic heterocycles. The van der Waals surface area contributed by atoms with E-state index in [1.165, 1.54) is 18.3 Å². The number of benzene rings is 3. The first-order valence-electron chi connectivity index (χ1n) is 11.1. The predicted octanol–water partition coefficient (Wildman–Crippen LogP) is 6.80. The summed E-state index contributed by atoms with van der Waals surface area (Å²) in [6, 6.07) is 16.9. The minimum Gasteiger partial charge on any atom is -0.484 e. The van der Waals surface area contributed by atoms with Crippen molar-refractivity contribution >= 4 is 61.3 Å². The Labute approximate surface area is 223 Å². The molecule has 2 heterocycles. The summed E-state index contributed by atoms with van der Waals surface area (Å²) in [5, 5.41) is 17.3. The molecule has 37 heavy (non-hydrogen) atoms. The highest BCUT2D eigenvalue weighted by Crippen LogP contribution is 2.35. The topological polar surface area (TPSA) is 113 Å². The molecule has 0 bridgehead atoms. The van der Waals surface area contributed by atoms with E-state index in [-0.39, 0.29) is 34.0 Å². The Morgan fingerprint density at radius 1 is 1.19 bits per heavy atom. The van der Waals surface area contributed by atoms with Gasteiger partial charge in [0.1, 0.15) is 5.58 Å². The molecule has 0 radical (unpaired) electrons. The molecule has 0 fully saturated rings. The number of nitro groups is 1. The van der Waals surface area contributed by atoms with Gasteiger partial charge < -0.3 is 9.15 Å². The summed E-state index contributed by atoms with van der Waals surface area (Å²) in [4.78, 5) is 29.3. The van der Waals surface area contributed by atoms with Crippen LogP contribution in [0.2, 0.25) is 5.02 Å². The highest BCUT2D eigenvalue weighted by molar-refractivity contribution is 9.10. The molecule has 186 valence electrons. The van der Waals surface area contributed by atoms with Gasteiger partial charge in [0, 0.05) is 26.5 Å². The van der Waals surface area contributed by atoms with E-state index in [1.807, 2.05) is 12.1 Å². The predicted molar refractivity (Wildman–Crippen MR) is 146 cm³/mol. The van der Waals surface area contributed by atoms with Gasteiger partial charge in [-0.1, -0.05) is 39.7 Å². The van der Waals surface area contributed by atoms with Crippen molar-refractivity contribution in [3.63, 3.8) is 0 Å². The Morgan fingerprint density at radius 2 is 1.97 bits per heavy atom. The fourth-order valence-electron chi connectivity index (χ4n) is 3.83. The number of hydrogen-bond donors (Lipinski definition) is 0. The summed E-state index contributed by atoms with van der Waals surface area (Å²) in [6.45, 7) is 3.49. The Balaban J connectivity index is 1.74. The van der Waals surface area contributed by atoms with E-state index in [2.05, 4.69) is 26.0 Å². The third kappa shape index (κ3) is 4.85. The molecule has 0 saturated heterocycles. The quantitative estimate of drug-likeness (QED) is 0.124. The molecule has 0 atom stereocenters. The fourth-order valence-corrected chi connectivity index (χ4v) is 4.43. The molecule has 3 aromatic carbocycles. The number of hydrogen-bond acceptors (Lipinski definition) is 7. The summed E-state index contributed by atoms with van der Waals surface area (Å²) in [5.74, 6) is 0.476. The van der Waals surface area contributed by atoms with Gasteiger partial charge in [-0.05, 0) is 56.3 Å². The Morgan fingerprint density at radius 3 is 2.73 bits per heavy atom. The Bertz CT molecular complexity index is 1780. The summed E-state index contributed by atoms with van der Waals surface area (Å²) in [5.41, 5.74) is 0.551. The van der Waals surface area contributed by atoms with E-state index >= 15 is 0 Å². The number of ether oxygens (including phenoxy) is 1. The number of aromatic nitrogens is 2. The maximum atomic E-state index is 13.5. The van der Waals surface area contributed by atoms with Crippen LogP contribution in [0.4, 0.5) is 5.69 Å². The number of nitro benzene ring substituents is 1. The molecule has 2 aromatic heterocycles. The van der Waals surface area contributed by atoms with Crippen LogP contribution < -0.4 is 10.3 Å². The molecule has 0 unspecified atom stereocenters. The second kappa shape index (κ2) is 9.79. The normalized spacial score (nSPS) is 11.7. The van der Waals surface area contributed by atoms with E-state index in [9.17, 15) is 14.9 Å². The van der Waals surface area contributed by atoms with Crippen LogP contribution in [0.5, 0.6) is 5.75 Å². The van der Waals surface area contributed by atoms with Gasteiger partial charge in [0.25, 0.3) is 5.56 Å². The molecule has 0 aliphatic rings. The van der Waals surface area contributed by atoms with Crippen molar-refractivity contribution in [2.45, 2.75) is 20.0 Å². The lowest BCUT2D eigenvalue weighted by molar-refractivity contribution is -0.386. The van der Waals surface area contributed by atoms with Crippen LogP contribution in [0.15, 0.2) is 79.4 Å². The molecule has 0 spiro atoms. The summed E-state index contributed by atoms with van der Waals surface area (Å²) in [7, 11) is 0. The second-order valence-corrected chi connectivity index (χ2v) is 9.73. The van der Waals surface area contributed by atoms with Gasteiger partial charge in [0.15, 0.2) is 5.76 Å². The lowest BCUT2D eigenvalue weighted by Crippen LogP contribution is -2.20. The van der Waals surface area contributed by atoms with Crippen molar-refractivity contribution in [3.8, 4) is 17.3 Å². The molecule has 11 heteroatoms. The smallest absolute Gasteiger partial charge is 0.313 e. The maximum Gasteiger partial charge on any atom is 0.313 e. The molecule has 5 aromatic rings. The summed E-state index contributed by atoms with van der Waals surface area (Å²) < 4.78 is 13.7. The first-order chi connectivity index (χ1) is 17.7. The Hall–Kier alpha value is -4.02. The molecular weight excluding hydrogens is 564 g/mol. The van der Waals surface area contributed by atoms with Gasteiger partial charge in [-0.3, -0.25) is 14.9 Å². The zero-order valence-electron chi connectivity index (χ0n) is 19.5. The van der Waals surface area contributed by atoms with Crippen molar-refractivity contribution in [2.24, 2.45) is 5.10 Å². The van der Waals surface area contributed by atoms with Gasteiger partial charge >= 0.3 is 5.69 Å². The lowest BCUT2D eigenvalue weighted by Gasteiger charge is -2.13. The van der Waals surface area contributed by atoms with Crippen LogP contribution in [0.3, 0.4) is 0 Å². The van der Waals surface area contributed by atoms with Crippen molar-refractivity contribution in [3.05, 3.63) is 96.2 Å². The average Bonchev–Trinajstić information content (AvgIpc) is 3.27. The van der Waals surface area contributed by atoms with E-state index in [1.54, 1.807) is 50.2 Å². The van der Waals surface area contributed by atoms with E-state index in [0.29, 0.717) is 22.2 Å². The van der Waals surface area contributed by atoms with Gasteiger partial charge in [-0.2, -0.15) is 9.78 Å². The minimum absolute atomic E-state index is 0.00918. The number of nitrogens with zero attached hydrogens (tertiary/aromatic N) is 4. The SMILES string of the molecule is CC(C)Oc1c(C=Nn2c(-c3cc4cc(Br)ccc4o3)nc3ccccc3c2=O)cc(Cl)cc1[N+](=O)[O-]. The highest BCUT2D eigenvalue weighted by Gasteiger charge is 2.22. The third-order valence-corrected chi connectivity index (χ3v) is 6.09. The van der Waals surface area contributed by atoms with E-state index in [0.717, 1.165) is 14.5 Å². The van der Waals surface area contributed by atoms with Crippen LogP contribution in [0.25, 0.3) is 33.5 Å². The molecular formula is C26H18BrClN4O5. The largest absolute Gasteiger partial charge is 0.484 e. The van der Waals surface area contributed by atoms with Crippen LogP contribution >= 0.6 is 27.5 Å². The molecule has 0 aliphatic carbocycles. The molecule has 0 N–H and O–H groups in total. The number of para-hydroxylation sites is 1. The second-order valence-electron chi connectivity index (χ2n) is 8.37. The summed E-state index contributed by atoms with van der Waals surface area (Å²) >= 11 is 9.60. The number of furan rings is 1. The number of halogens is 2. The zero-order chi connectivity index (χ0) is 26.3. The van der Waals surface area contributed by atoms with Gasteiger partial charge in [0.05, 0.1) is 28.1 Å². The molecule has 9 nitrogen and oxygen atoms in total. The van der Waals surface area contributed by atoms with Gasteiger partial charge in [-0.15, -0.1) is 0 Å².